The van der Waals surface area contributed by atoms with E-state index in [1.165, 1.54) is 6.07 Å². The summed E-state index contributed by atoms with van der Waals surface area (Å²) in [6.07, 6.45) is 1.01. The van der Waals surface area contributed by atoms with Crippen molar-refractivity contribution in [3.05, 3.63) is 28.8 Å². The molecule has 14 heavy (non-hydrogen) atoms. The Morgan fingerprint density at radius 1 is 1.43 bits per heavy atom. The fourth-order valence-corrected chi connectivity index (χ4v) is 1.86. The number of aromatic carboxylic acids is 1. The second-order valence-electron chi connectivity index (χ2n) is 2.70. The summed E-state index contributed by atoms with van der Waals surface area (Å²) >= 11 is 5.55. The lowest BCUT2D eigenvalue weighted by molar-refractivity contribution is -0.255. The van der Waals surface area contributed by atoms with Gasteiger partial charge in [-0.3, -0.25) is 0 Å². The number of carboxylic acids is 1. The molecule has 0 aliphatic rings. The molecule has 4 nitrogen and oxygen atoms in total. The van der Waals surface area contributed by atoms with Gasteiger partial charge in [0.1, 0.15) is 0 Å². The highest BCUT2D eigenvalue weighted by Gasteiger charge is 2.09. The molecule has 0 aliphatic heterocycles. The smallest absolute Gasteiger partial charge is 0.175 e. The van der Waals surface area contributed by atoms with Crippen LogP contribution in [0.25, 0.3) is 0 Å². The molecule has 0 heterocycles. The fourth-order valence-electron chi connectivity index (χ4n) is 0.892. The second-order valence-corrected chi connectivity index (χ2v) is 5.12. The van der Waals surface area contributed by atoms with E-state index < -0.39 is 15.8 Å². The van der Waals surface area contributed by atoms with E-state index in [0.29, 0.717) is 0 Å². The van der Waals surface area contributed by atoms with E-state index >= 15 is 0 Å². The van der Waals surface area contributed by atoms with Gasteiger partial charge in [-0.25, -0.2) is 8.42 Å². The second kappa shape index (κ2) is 3.59. The van der Waals surface area contributed by atoms with Crippen LogP contribution in [0.1, 0.15) is 10.4 Å². The third kappa shape index (κ3) is 2.24. The van der Waals surface area contributed by atoms with E-state index in [1.54, 1.807) is 0 Å². The Balaban J connectivity index is 3.34. The van der Waals surface area contributed by atoms with Gasteiger partial charge in [-0.2, -0.15) is 0 Å². The first kappa shape index (κ1) is 11.0. The summed E-state index contributed by atoms with van der Waals surface area (Å²) in [6, 6.07) is 3.36. The van der Waals surface area contributed by atoms with Gasteiger partial charge in [0.15, 0.2) is 9.84 Å². The molecule has 0 unspecified atom stereocenters. The monoisotopic (exact) mass is 233 g/mol. The largest absolute Gasteiger partial charge is 0.545 e. The summed E-state index contributed by atoms with van der Waals surface area (Å²) in [6.45, 7) is 0. The zero-order valence-electron chi connectivity index (χ0n) is 7.15. The van der Waals surface area contributed by atoms with Crippen LogP contribution in [-0.2, 0) is 9.84 Å². The fraction of sp³-hybridized carbons (Fsp3) is 0.125. The Labute approximate surface area is 86.0 Å². The van der Waals surface area contributed by atoms with Crippen molar-refractivity contribution in [1.29, 1.82) is 0 Å². The first-order chi connectivity index (χ1) is 6.32. The summed E-state index contributed by atoms with van der Waals surface area (Å²) in [5.41, 5.74) is -0.223. The minimum atomic E-state index is -3.37. The van der Waals surface area contributed by atoms with Gasteiger partial charge in [0, 0.05) is 11.8 Å². The zero-order chi connectivity index (χ0) is 10.9. The van der Waals surface area contributed by atoms with Crippen molar-refractivity contribution in [1.82, 2.24) is 0 Å². The van der Waals surface area contributed by atoms with Gasteiger partial charge in [-0.15, -0.1) is 0 Å². The number of carboxylic acid groups (broad SMARTS) is 1. The summed E-state index contributed by atoms with van der Waals surface area (Å²) < 4.78 is 22.1. The van der Waals surface area contributed by atoms with Crippen molar-refractivity contribution < 1.29 is 18.3 Å². The SMILES string of the molecule is CS(=O)(=O)c1ccc(C(=O)[O-])c(Cl)c1. The van der Waals surface area contributed by atoms with Crippen LogP contribution in [0.15, 0.2) is 23.1 Å². The maximum absolute atomic E-state index is 11.0. The molecule has 1 aromatic carbocycles. The van der Waals surface area contributed by atoms with Crippen molar-refractivity contribution in [3.63, 3.8) is 0 Å². The number of carbonyl (C=O) groups excluding carboxylic acids is 1. The minimum Gasteiger partial charge on any atom is -0.545 e. The van der Waals surface area contributed by atoms with Gasteiger partial charge in [0.05, 0.1) is 15.9 Å². The summed E-state index contributed by atoms with van der Waals surface area (Å²) in [5.74, 6) is -1.44. The lowest BCUT2D eigenvalue weighted by atomic mass is 10.2. The average molecular weight is 234 g/mol. The van der Waals surface area contributed by atoms with Crippen LogP contribution in [-0.4, -0.2) is 20.6 Å². The Bertz CT molecular complexity index is 478. The molecule has 0 bridgehead atoms. The normalized spacial score (nSPS) is 11.3. The van der Waals surface area contributed by atoms with E-state index in [1.807, 2.05) is 0 Å². The van der Waals surface area contributed by atoms with E-state index in [4.69, 9.17) is 11.6 Å². The maximum Gasteiger partial charge on any atom is 0.175 e. The highest BCUT2D eigenvalue weighted by atomic mass is 35.5. The Hall–Kier alpha value is -1.07. The van der Waals surface area contributed by atoms with Crippen LogP contribution in [0.3, 0.4) is 0 Å². The van der Waals surface area contributed by atoms with Crippen LogP contribution in [0, 0.1) is 0 Å². The number of benzene rings is 1. The topological polar surface area (TPSA) is 74.3 Å². The van der Waals surface area contributed by atoms with E-state index in [9.17, 15) is 18.3 Å². The first-order valence-corrected chi connectivity index (χ1v) is 5.80. The molecule has 0 aliphatic carbocycles. The van der Waals surface area contributed by atoms with Crippen LogP contribution < -0.4 is 5.11 Å². The minimum absolute atomic E-state index is 0.0208. The molecule has 1 rings (SSSR count). The molecule has 0 atom stereocenters. The van der Waals surface area contributed by atoms with E-state index in [-0.39, 0.29) is 15.5 Å². The Morgan fingerprint density at radius 3 is 2.36 bits per heavy atom. The predicted molar refractivity (Wildman–Crippen MR) is 48.9 cm³/mol. The quantitative estimate of drug-likeness (QED) is 0.727. The summed E-state index contributed by atoms with van der Waals surface area (Å²) in [7, 11) is -3.37. The molecule has 0 amide bonds. The van der Waals surface area contributed by atoms with Crippen LogP contribution >= 0.6 is 11.6 Å². The molecule has 6 heteroatoms. The van der Waals surface area contributed by atoms with Gasteiger partial charge in [-0.1, -0.05) is 17.7 Å². The van der Waals surface area contributed by atoms with E-state index in [0.717, 1.165) is 18.4 Å². The molecule has 1 aromatic rings. The van der Waals surface area contributed by atoms with Crippen LogP contribution in [0.5, 0.6) is 0 Å². The van der Waals surface area contributed by atoms with Crippen LogP contribution in [0.2, 0.25) is 5.02 Å². The van der Waals surface area contributed by atoms with Gasteiger partial charge in [-0.05, 0) is 12.1 Å². The van der Waals surface area contributed by atoms with Gasteiger partial charge < -0.3 is 9.90 Å². The maximum atomic E-state index is 11.0. The van der Waals surface area contributed by atoms with Gasteiger partial charge in [0.25, 0.3) is 0 Å². The molecular weight excluding hydrogens is 228 g/mol. The van der Waals surface area contributed by atoms with Gasteiger partial charge >= 0.3 is 0 Å². The highest BCUT2D eigenvalue weighted by Crippen LogP contribution is 2.20. The van der Waals surface area contributed by atoms with Crippen molar-refractivity contribution in [2.75, 3.05) is 6.26 Å². The lowest BCUT2D eigenvalue weighted by Gasteiger charge is -2.06. The Morgan fingerprint density at radius 2 is 2.00 bits per heavy atom. The molecule has 0 radical (unpaired) electrons. The predicted octanol–water partition coefficient (Wildman–Crippen LogP) is 0.107. The third-order valence-electron chi connectivity index (χ3n) is 1.59. The lowest BCUT2D eigenvalue weighted by Crippen LogP contribution is -2.22. The zero-order valence-corrected chi connectivity index (χ0v) is 8.72. The number of rotatable bonds is 2. The summed E-state index contributed by atoms with van der Waals surface area (Å²) in [4.78, 5) is 10.4. The number of hydrogen-bond donors (Lipinski definition) is 0. The van der Waals surface area contributed by atoms with E-state index in [2.05, 4.69) is 0 Å². The number of hydrogen-bond acceptors (Lipinski definition) is 4. The third-order valence-corrected chi connectivity index (χ3v) is 3.01. The number of sulfone groups is 1. The van der Waals surface area contributed by atoms with Crippen molar-refractivity contribution in [2.45, 2.75) is 4.90 Å². The standard InChI is InChI=1S/C8H7ClO4S/c1-14(12,13)5-2-3-6(8(10)11)7(9)4-5/h2-4H,1H3,(H,10,11)/p-1. The first-order valence-electron chi connectivity index (χ1n) is 3.53. The molecule has 0 fully saturated rings. The molecule has 0 saturated carbocycles. The van der Waals surface area contributed by atoms with Crippen molar-refractivity contribution in [3.8, 4) is 0 Å². The van der Waals surface area contributed by atoms with Crippen LogP contribution in [0.4, 0.5) is 0 Å². The summed E-state index contributed by atoms with van der Waals surface area (Å²) in [5, 5.41) is 10.3. The van der Waals surface area contributed by atoms with Gasteiger partial charge in [0.2, 0.25) is 0 Å². The van der Waals surface area contributed by atoms with Crippen molar-refractivity contribution >= 4 is 27.4 Å². The average Bonchev–Trinajstić information content (AvgIpc) is 2.01. The molecule has 0 aromatic heterocycles. The molecule has 0 saturated heterocycles. The molecule has 76 valence electrons. The molecule has 0 spiro atoms. The highest BCUT2D eigenvalue weighted by molar-refractivity contribution is 7.90. The molecular formula is C8H6ClO4S-. The number of halogens is 1. The Kier molecular flexibility index (Phi) is 2.82. The molecule has 0 N–H and O–H groups in total. The van der Waals surface area contributed by atoms with Crippen molar-refractivity contribution in [2.24, 2.45) is 0 Å². The number of carbonyl (C=O) groups is 1.